The van der Waals surface area contributed by atoms with Crippen LogP contribution in [0.15, 0.2) is 18.2 Å². The maximum atomic E-state index is 9.02. The van der Waals surface area contributed by atoms with Crippen LogP contribution in [0.2, 0.25) is 10.0 Å². The molecule has 0 bridgehead atoms. The highest BCUT2D eigenvalue weighted by molar-refractivity contribution is 6.34. The molecule has 1 unspecified atom stereocenters. The Bertz CT molecular complexity index is 370. The molecular formula is C11H12Cl2N2O. The largest absolute Gasteiger partial charge is 0.383 e. The third kappa shape index (κ3) is 3.99. The van der Waals surface area contributed by atoms with Gasteiger partial charge in [-0.2, -0.15) is 5.26 Å². The molecule has 1 rings (SSSR count). The molecule has 0 radical (unpaired) electrons. The summed E-state index contributed by atoms with van der Waals surface area (Å²) in [5.41, 5.74) is 0.760. The third-order valence-corrected chi connectivity index (χ3v) is 2.44. The summed E-state index contributed by atoms with van der Waals surface area (Å²) in [6, 6.07) is 6.80. The lowest BCUT2D eigenvalue weighted by Gasteiger charge is -2.12. The molecule has 0 aliphatic heterocycles. The minimum Gasteiger partial charge on any atom is -0.383 e. The summed E-state index contributed by atoms with van der Waals surface area (Å²) < 4.78 is 4.90. The molecular weight excluding hydrogens is 247 g/mol. The number of nitrogens with one attached hydrogen (secondary N) is 1. The van der Waals surface area contributed by atoms with Gasteiger partial charge in [0.2, 0.25) is 0 Å². The summed E-state index contributed by atoms with van der Waals surface area (Å²) in [6.45, 7) is 1.14. The first-order valence-corrected chi connectivity index (χ1v) is 5.51. The Hall–Kier alpha value is -0.790. The fourth-order valence-electron chi connectivity index (χ4n) is 1.29. The number of halogens is 2. The third-order valence-electron chi connectivity index (χ3n) is 2.00. The number of ether oxygens (including phenoxy) is 1. The predicted octanol–water partition coefficient (Wildman–Crippen LogP) is 2.79. The Balaban J connectivity index is 2.75. The van der Waals surface area contributed by atoms with E-state index >= 15 is 0 Å². The van der Waals surface area contributed by atoms with E-state index in [1.54, 1.807) is 25.3 Å². The predicted molar refractivity (Wildman–Crippen MR) is 64.7 cm³/mol. The second-order valence-corrected chi connectivity index (χ2v) is 4.08. The average molecular weight is 259 g/mol. The Labute approximate surface area is 105 Å². The van der Waals surface area contributed by atoms with Crippen LogP contribution < -0.4 is 5.32 Å². The van der Waals surface area contributed by atoms with Crippen LogP contribution in [0.25, 0.3) is 0 Å². The fraction of sp³-hybridized carbons (Fsp3) is 0.364. The molecule has 0 fully saturated rings. The number of hydrogen-bond donors (Lipinski definition) is 1. The molecule has 3 nitrogen and oxygen atoms in total. The molecule has 0 amide bonds. The van der Waals surface area contributed by atoms with Gasteiger partial charge in [-0.3, -0.25) is 5.32 Å². The van der Waals surface area contributed by atoms with Crippen molar-refractivity contribution in [1.82, 2.24) is 5.32 Å². The number of rotatable bonds is 5. The van der Waals surface area contributed by atoms with Gasteiger partial charge in [-0.1, -0.05) is 23.2 Å². The molecule has 0 spiro atoms. The van der Waals surface area contributed by atoms with Crippen molar-refractivity contribution in [2.24, 2.45) is 0 Å². The molecule has 16 heavy (non-hydrogen) atoms. The van der Waals surface area contributed by atoms with E-state index in [0.29, 0.717) is 23.2 Å². The van der Waals surface area contributed by atoms with E-state index in [4.69, 9.17) is 33.2 Å². The molecule has 86 valence electrons. The Morgan fingerprint density at radius 1 is 1.38 bits per heavy atom. The van der Waals surface area contributed by atoms with Gasteiger partial charge in [0.15, 0.2) is 0 Å². The summed E-state index contributed by atoms with van der Waals surface area (Å²) in [7, 11) is 1.61. The maximum Gasteiger partial charge on any atom is 0.121 e. The molecule has 1 aromatic rings. The lowest BCUT2D eigenvalue weighted by atomic mass is 10.1. The highest BCUT2D eigenvalue weighted by Gasteiger charge is 2.10. The minimum atomic E-state index is -0.425. The molecule has 0 aliphatic rings. The van der Waals surface area contributed by atoms with E-state index in [1.807, 2.05) is 0 Å². The number of nitriles is 1. The van der Waals surface area contributed by atoms with Crippen LogP contribution >= 0.6 is 23.2 Å². The van der Waals surface area contributed by atoms with Gasteiger partial charge in [-0.05, 0) is 23.8 Å². The number of benzene rings is 1. The van der Waals surface area contributed by atoms with E-state index < -0.39 is 6.04 Å². The number of nitrogens with zero attached hydrogens (tertiary/aromatic N) is 1. The zero-order valence-electron chi connectivity index (χ0n) is 8.84. The molecule has 0 heterocycles. The smallest absolute Gasteiger partial charge is 0.121 e. The highest BCUT2D eigenvalue weighted by Crippen LogP contribution is 2.23. The summed E-state index contributed by atoms with van der Waals surface area (Å²) in [5.74, 6) is 0. The zero-order chi connectivity index (χ0) is 12.0. The SMILES string of the molecule is COCCNC(C#N)c1cc(Cl)cc(Cl)c1. The lowest BCUT2D eigenvalue weighted by molar-refractivity contribution is 0.198. The summed E-state index contributed by atoms with van der Waals surface area (Å²) >= 11 is 11.7. The monoisotopic (exact) mass is 258 g/mol. The van der Waals surface area contributed by atoms with Gasteiger partial charge in [0.1, 0.15) is 6.04 Å². The van der Waals surface area contributed by atoms with Crippen LogP contribution in [0.4, 0.5) is 0 Å². The highest BCUT2D eigenvalue weighted by atomic mass is 35.5. The summed E-state index contributed by atoms with van der Waals surface area (Å²) in [6.07, 6.45) is 0. The van der Waals surface area contributed by atoms with Gasteiger partial charge in [0, 0.05) is 23.7 Å². The van der Waals surface area contributed by atoms with Crippen molar-refractivity contribution in [2.75, 3.05) is 20.3 Å². The quantitative estimate of drug-likeness (QED) is 0.827. The van der Waals surface area contributed by atoms with Gasteiger partial charge in [-0.15, -0.1) is 0 Å². The van der Waals surface area contributed by atoms with Crippen LogP contribution in [0.1, 0.15) is 11.6 Å². The van der Waals surface area contributed by atoms with Crippen LogP contribution in [-0.2, 0) is 4.74 Å². The van der Waals surface area contributed by atoms with E-state index in [9.17, 15) is 0 Å². The van der Waals surface area contributed by atoms with Crippen molar-refractivity contribution < 1.29 is 4.74 Å². The minimum absolute atomic E-state index is 0.425. The van der Waals surface area contributed by atoms with E-state index in [0.717, 1.165) is 5.56 Å². The number of hydrogen-bond acceptors (Lipinski definition) is 3. The normalized spacial score (nSPS) is 12.1. The van der Waals surface area contributed by atoms with E-state index in [2.05, 4.69) is 11.4 Å². The van der Waals surface area contributed by atoms with Crippen molar-refractivity contribution >= 4 is 23.2 Å². The Morgan fingerprint density at radius 2 is 2.00 bits per heavy atom. The molecule has 0 saturated heterocycles. The van der Waals surface area contributed by atoms with Gasteiger partial charge in [-0.25, -0.2) is 0 Å². The van der Waals surface area contributed by atoms with Crippen LogP contribution in [0.3, 0.4) is 0 Å². The second kappa shape index (κ2) is 6.72. The first-order chi connectivity index (χ1) is 7.67. The topological polar surface area (TPSA) is 45.0 Å². The van der Waals surface area contributed by atoms with Gasteiger partial charge >= 0.3 is 0 Å². The fourth-order valence-corrected chi connectivity index (χ4v) is 1.83. The van der Waals surface area contributed by atoms with Crippen molar-refractivity contribution in [2.45, 2.75) is 6.04 Å². The lowest BCUT2D eigenvalue weighted by Crippen LogP contribution is -2.23. The standard InChI is InChI=1S/C11H12Cl2N2O/c1-16-3-2-15-11(7-14)8-4-9(12)6-10(13)5-8/h4-6,11,15H,2-3H2,1H3. The van der Waals surface area contributed by atoms with Crippen molar-refractivity contribution in [1.29, 1.82) is 5.26 Å². The van der Waals surface area contributed by atoms with E-state index in [1.165, 1.54) is 0 Å². The van der Waals surface area contributed by atoms with Gasteiger partial charge < -0.3 is 4.74 Å². The molecule has 1 aromatic carbocycles. The van der Waals surface area contributed by atoms with E-state index in [-0.39, 0.29) is 0 Å². The zero-order valence-corrected chi connectivity index (χ0v) is 10.3. The molecule has 1 atom stereocenters. The van der Waals surface area contributed by atoms with Gasteiger partial charge in [0.25, 0.3) is 0 Å². The number of methoxy groups -OCH3 is 1. The van der Waals surface area contributed by atoms with Crippen LogP contribution in [-0.4, -0.2) is 20.3 Å². The summed E-state index contributed by atoms with van der Waals surface area (Å²) in [4.78, 5) is 0. The van der Waals surface area contributed by atoms with Crippen molar-refractivity contribution in [3.63, 3.8) is 0 Å². The first-order valence-electron chi connectivity index (χ1n) is 4.75. The molecule has 1 N–H and O–H groups in total. The first kappa shape index (κ1) is 13.3. The second-order valence-electron chi connectivity index (χ2n) is 3.21. The molecule has 0 aliphatic carbocycles. The van der Waals surface area contributed by atoms with Crippen molar-refractivity contribution in [3.05, 3.63) is 33.8 Å². The van der Waals surface area contributed by atoms with Crippen molar-refractivity contribution in [3.8, 4) is 6.07 Å². The van der Waals surface area contributed by atoms with Crippen LogP contribution in [0, 0.1) is 11.3 Å². The van der Waals surface area contributed by atoms with Gasteiger partial charge in [0.05, 0.1) is 12.7 Å². The molecule has 0 aromatic heterocycles. The Kier molecular flexibility index (Phi) is 5.58. The molecule has 5 heteroatoms. The van der Waals surface area contributed by atoms with Crippen LogP contribution in [0.5, 0.6) is 0 Å². The molecule has 0 saturated carbocycles. The average Bonchev–Trinajstić information content (AvgIpc) is 2.23. The summed E-state index contributed by atoms with van der Waals surface area (Å²) in [5, 5.41) is 13.1. The Morgan fingerprint density at radius 3 is 2.50 bits per heavy atom. The maximum absolute atomic E-state index is 9.02.